The first-order valence-electron chi connectivity index (χ1n) is 6.41. The van der Waals surface area contributed by atoms with E-state index in [1.165, 1.54) is 18.4 Å². The molecule has 2 nitrogen and oxygen atoms in total. The minimum atomic E-state index is 0.405. The summed E-state index contributed by atoms with van der Waals surface area (Å²) in [6.45, 7) is 5.33. The molecule has 0 aromatic heterocycles. The number of nitrogens with two attached hydrogens (primary N) is 1. The number of piperidine rings is 1. The van der Waals surface area contributed by atoms with Crippen LogP contribution in [0.1, 0.15) is 31.4 Å². The van der Waals surface area contributed by atoms with Gasteiger partial charge in [0.1, 0.15) is 0 Å². The van der Waals surface area contributed by atoms with E-state index in [2.05, 4.69) is 24.0 Å². The topological polar surface area (TPSA) is 29.3 Å². The molecular formula is C14H21ClN2. The van der Waals surface area contributed by atoms with Crippen molar-refractivity contribution in [3.63, 3.8) is 0 Å². The van der Waals surface area contributed by atoms with Crippen LogP contribution in [-0.4, -0.2) is 24.5 Å². The molecule has 0 aliphatic carbocycles. The Balaban J connectivity index is 2.02. The molecule has 1 aliphatic rings. The zero-order chi connectivity index (χ0) is 12.3. The second kappa shape index (κ2) is 5.85. The molecule has 1 heterocycles. The summed E-state index contributed by atoms with van der Waals surface area (Å²) in [6, 6.07) is 8.55. The Bertz CT molecular complexity index is 359. The molecule has 17 heavy (non-hydrogen) atoms. The zero-order valence-corrected chi connectivity index (χ0v) is 11.2. The van der Waals surface area contributed by atoms with E-state index in [9.17, 15) is 0 Å². The van der Waals surface area contributed by atoms with Crippen molar-refractivity contribution in [2.75, 3.05) is 19.6 Å². The lowest BCUT2D eigenvalue weighted by Crippen LogP contribution is -2.37. The summed E-state index contributed by atoms with van der Waals surface area (Å²) in [4.78, 5) is 2.51. The smallest absolute Gasteiger partial charge is 0.0453 e. The molecule has 1 aliphatic heterocycles. The number of hydrogen-bond acceptors (Lipinski definition) is 2. The fourth-order valence-corrected chi connectivity index (χ4v) is 2.88. The summed E-state index contributed by atoms with van der Waals surface area (Å²) < 4.78 is 0. The van der Waals surface area contributed by atoms with Crippen molar-refractivity contribution in [3.05, 3.63) is 34.9 Å². The second-order valence-electron chi connectivity index (χ2n) is 4.91. The van der Waals surface area contributed by atoms with Gasteiger partial charge in [0.05, 0.1) is 0 Å². The van der Waals surface area contributed by atoms with Gasteiger partial charge in [-0.1, -0.05) is 29.8 Å². The van der Waals surface area contributed by atoms with Crippen LogP contribution < -0.4 is 5.73 Å². The maximum absolute atomic E-state index is 6.25. The molecule has 1 atom stereocenters. The summed E-state index contributed by atoms with van der Waals surface area (Å²) >= 11 is 6.25. The molecule has 2 rings (SSSR count). The van der Waals surface area contributed by atoms with Crippen LogP contribution in [0.3, 0.4) is 0 Å². The summed E-state index contributed by atoms with van der Waals surface area (Å²) in [5, 5.41) is 0.876. The largest absolute Gasteiger partial charge is 0.330 e. The summed E-state index contributed by atoms with van der Waals surface area (Å²) in [5.74, 6) is 0.713. The van der Waals surface area contributed by atoms with Gasteiger partial charge in [0, 0.05) is 11.1 Å². The Labute approximate surface area is 109 Å². The zero-order valence-electron chi connectivity index (χ0n) is 10.4. The predicted octanol–water partition coefficient (Wildman–Crippen LogP) is 3.07. The molecule has 3 heteroatoms. The van der Waals surface area contributed by atoms with E-state index in [0.29, 0.717) is 12.0 Å². The molecule has 0 amide bonds. The van der Waals surface area contributed by atoms with Gasteiger partial charge in [-0.2, -0.15) is 0 Å². The van der Waals surface area contributed by atoms with E-state index >= 15 is 0 Å². The number of likely N-dealkylation sites (tertiary alicyclic amines) is 1. The number of halogens is 1. The van der Waals surface area contributed by atoms with Crippen molar-refractivity contribution in [3.8, 4) is 0 Å². The second-order valence-corrected chi connectivity index (χ2v) is 5.32. The van der Waals surface area contributed by atoms with Crippen LogP contribution in [-0.2, 0) is 0 Å². The number of hydrogen-bond donors (Lipinski definition) is 1. The van der Waals surface area contributed by atoms with Crippen LogP contribution in [0.15, 0.2) is 24.3 Å². The highest BCUT2D eigenvalue weighted by atomic mass is 35.5. The van der Waals surface area contributed by atoms with Crippen LogP contribution in [0.2, 0.25) is 5.02 Å². The van der Waals surface area contributed by atoms with Gasteiger partial charge >= 0.3 is 0 Å². The lowest BCUT2D eigenvalue weighted by molar-refractivity contribution is 0.143. The Morgan fingerprint density at radius 1 is 1.35 bits per heavy atom. The van der Waals surface area contributed by atoms with Crippen LogP contribution in [0.4, 0.5) is 0 Å². The van der Waals surface area contributed by atoms with Crippen LogP contribution in [0.5, 0.6) is 0 Å². The van der Waals surface area contributed by atoms with Crippen molar-refractivity contribution in [1.82, 2.24) is 4.90 Å². The molecule has 1 fully saturated rings. The van der Waals surface area contributed by atoms with Gasteiger partial charge in [-0.05, 0) is 56.9 Å². The fraction of sp³-hybridized carbons (Fsp3) is 0.571. The molecule has 2 N–H and O–H groups in total. The van der Waals surface area contributed by atoms with E-state index in [-0.39, 0.29) is 0 Å². The number of rotatable bonds is 3. The van der Waals surface area contributed by atoms with Gasteiger partial charge in [0.2, 0.25) is 0 Å². The standard InChI is InChI=1S/C14H21ClN2/c1-11(13-4-2-3-5-14(13)15)17-8-6-12(10-16)7-9-17/h2-5,11-12H,6-10,16H2,1H3. The lowest BCUT2D eigenvalue weighted by atomic mass is 9.95. The van der Waals surface area contributed by atoms with Gasteiger partial charge in [-0.3, -0.25) is 4.90 Å². The predicted molar refractivity (Wildman–Crippen MR) is 73.2 cm³/mol. The lowest BCUT2D eigenvalue weighted by Gasteiger charge is -2.36. The third-order valence-electron chi connectivity index (χ3n) is 3.89. The van der Waals surface area contributed by atoms with E-state index in [1.807, 2.05) is 12.1 Å². The summed E-state index contributed by atoms with van der Waals surface area (Å²) in [7, 11) is 0. The van der Waals surface area contributed by atoms with Gasteiger partial charge in [-0.25, -0.2) is 0 Å². The maximum atomic E-state index is 6.25. The molecule has 0 bridgehead atoms. The van der Waals surface area contributed by atoms with Gasteiger partial charge in [-0.15, -0.1) is 0 Å². The molecule has 1 saturated heterocycles. The molecule has 0 radical (unpaired) electrons. The monoisotopic (exact) mass is 252 g/mol. The summed E-state index contributed by atoms with van der Waals surface area (Å²) in [6.07, 6.45) is 2.43. The van der Waals surface area contributed by atoms with Gasteiger partial charge in [0.15, 0.2) is 0 Å². The Morgan fingerprint density at radius 2 is 2.00 bits per heavy atom. The summed E-state index contributed by atoms with van der Waals surface area (Å²) in [5.41, 5.74) is 6.96. The Hall–Kier alpha value is -0.570. The first-order chi connectivity index (χ1) is 8.22. The van der Waals surface area contributed by atoms with Crippen LogP contribution >= 0.6 is 11.6 Å². The first-order valence-corrected chi connectivity index (χ1v) is 6.78. The van der Waals surface area contributed by atoms with Crippen molar-refractivity contribution in [2.45, 2.75) is 25.8 Å². The molecule has 1 aromatic rings. The molecular weight excluding hydrogens is 232 g/mol. The highest BCUT2D eigenvalue weighted by Gasteiger charge is 2.23. The van der Waals surface area contributed by atoms with Gasteiger partial charge < -0.3 is 5.73 Å². The molecule has 94 valence electrons. The normalized spacial score (nSPS) is 20.4. The van der Waals surface area contributed by atoms with E-state index < -0.39 is 0 Å². The highest BCUT2D eigenvalue weighted by molar-refractivity contribution is 6.31. The Morgan fingerprint density at radius 3 is 2.59 bits per heavy atom. The first kappa shape index (κ1) is 12.9. The van der Waals surface area contributed by atoms with Crippen LogP contribution in [0.25, 0.3) is 0 Å². The molecule has 1 aromatic carbocycles. The quantitative estimate of drug-likeness (QED) is 0.896. The average Bonchev–Trinajstić information content (AvgIpc) is 2.39. The van der Waals surface area contributed by atoms with E-state index in [0.717, 1.165) is 24.7 Å². The minimum Gasteiger partial charge on any atom is -0.330 e. The van der Waals surface area contributed by atoms with Crippen molar-refractivity contribution >= 4 is 11.6 Å². The Kier molecular flexibility index (Phi) is 4.43. The van der Waals surface area contributed by atoms with E-state index in [1.54, 1.807) is 0 Å². The van der Waals surface area contributed by atoms with Crippen molar-refractivity contribution in [2.24, 2.45) is 11.7 Å². The molecule has 1 unspecified atom stereocenters. The maximum Gasteiger partial charge on any atom is 0.0453 e. The SMILES string of the molecule is CC(c1ccccc1Cl)N1CCC(CN)CC1. The number of benzene rings is 1. The third-order valence-corrected chi connectivity index (χ3v) is 4.23. The minimum absolute atomic E-state index is 0.405. The van der Waals surface area contributed by atoms with Gasteiger partial charge in [0.25, 0.3) is 0 Å². The highest BCUT2D eigenvalue weighted by Crippen LogP contribution is 2.30. The average molecular weight is 253 g/mol. The van der Waals surface area contributed by atoms with Crippen LogP contribution in [0, 0.1) is 5.92 Å². The van der Waals surface area contributed by atoms with Crippen molar-refractivity contribution in [1.29, 1.82) is 0 Å². The fourth-order valence-electron chi connectivity index (χ4n) is 2.59. The molecule has 0 saturated carbocycles. The van der Waals surface area contributed by atoms with E-state index in [4.69, 9.17) is 17.3 Å². The molecule has 0 spiro atoms. The number of nitrogens with zero attached hydrogens (tertiary/aromatic N) is 1. The van der Waals surface area contributed by atoms with Crippen molar-refractivity contribution < 1.29 is 0 Å². The third kappa shape index (κ3) is 3.01.